The summed E-state index contributed by atoms with van der Waals surface area (Å²) >= 11 is 6.26. The van der Waals surface area contributed by atoms with Crippen molar-refractivity contribution >= 4 is 39.1 Å². The lowest BCUT2D eigenvalue weighted by molar-refractivity contribution is -0.140. The molecule has 3 aromatic rings. The zero-order chi connectivity index (χ0) is 28.4. The van der Waals surface area contributed by atoms with Gasteiger partial charge in [0.25, 0.3) is 10.0 Å². The summed E-state index contributed by atoms with van der Waals surface area (Å²) in [6.45, 7) is 3.79. The van der Waals surface area contributed by atoms with Crippen LogP contribution >= 0.6 is 11.6 Å². The van der Waals surface area contributed by atoms with E-state index in [1.165, 1.54) is 30.2 Å². The molecule has 0 unspecified atom stereocenters. The molecule has 1 N–H and O–H groups in total. The Kier molecular flexibility index (Phi) is 10.8. The molecule has 0 saturated carbocycles. The van der Waals surface area contributed by atoms with E-state index in [0.29, 0.717) is 13.0 Å². The number of anilines is 1. The first-order chi connectivity index (χ1) is 18.7. The number of methoxy groups -OCH3 is 1. The molecule has 10 heteroatoms. The lowest BCUT2D eigenvalue weighted by atomic mass is 10.1. The van der Waals surface area contributed by atoms with Gasteiger partial charge in [0.2, 0.25) is 11.8 Å². The largest absolute Gasteiger partial charge is 0.495 e. The molecule has 0 fully saturated rings. The third kappa shape index (κ3) is 7.52. The summed E-state index contributed by atoms with van der Waals surface area (Å²) in [4.78, 5) is 28.6. The molecule has 0 bridgehead atoms. The molecule has 0 aliphatic carbocycles. The van der Waals surface area contributed by atoms with E-state index in [4.69, 9.17) is 16.3 Å². The van der Waals surface area contributed by atoms with Gasteiger partial charge in [-0.25, -0.2) is 8.42 Å². The number of amides is 2. The number of nitrogens with one attached hydrogen (secondary N) is 1. The molecule has 3 rings (SSSR count). The van der Waals surface area contributed by atoms with Crippen LogP contribution in [0, 0.1) is 0 Å². The van der Waals surface area contributed by atoms with E-state index in [1.807, 2.05) is 44.2 Å². The summed E-state index contributed by atoms with van der Waals surface area (Å²) in [6.07, 6.45) is 1.09. The fourth-order valence-corrected chi connectivity index (χ4v) is 5.76. The van der Waals surface area contributed by atoms with Crippen molar-refractivity contribution in [3.05, 3.63) is 89.4 Å². The van der Waals surface area contributed by atoms with Gasteiger partial charge in [0.1, 0.15) is 18.3 Å². The number of carbonyl (C=O) groups is 2. The van der Waals surface area contributed by atoms with Crippen LogP contribution in [0.1, 0.15) is 32.3 Å². The summed E-state index contributed by atoms with van der Waals surface area (Å²) in [5, 5.41) is 3.15. The number of hydrogen-bond donors (Lipinski definition) is 1. The minimum absolute atomic E-state index is 0.00201. The van der Waals surface area contributed by atoms with Gasteiger partial charge < -0.3 is 15.0 Å². The van der Waals surface area contributed by atoms with Crippen LogP contribution in [0.25, 0.3) is 0 Å². The molecule has 0 radical (unpaired) electrons. The van der Waals surface area contributed by atoms with Crippen molar-refractivity contribution in [3.63, 3.8) is 0 Å². The van der Waals surface area contributed by atoms with Gasteiger partial charge in [-0.2, -0.15) is 0 Å². The molecule has 0 aliphatic heterocycles. The molecular formula is C29H34ClN3O5S. The summed E-state index contributed by atoms with van der Waals surface area (Å²) in [5.74, 6) is -0.602. The van der Waals surface area contributed by atoms with E-state index in [-0.39, 0.29) is 33.8 Å². The number of rotatable bonds is 13. The van der Waals surface area contributed by atoms with Crippen LogP contribution in [0.5, 0.6) is 5.75 Å². The van der Waals surface area contributed by atoms with Gasteiger partial charge in [0.05, 0.1) is 17.7 Å². The molecule has 0 aliphatic rings. The zero-order valence-corrected chi connectivity index (χ0v) is 23.9. The van der Waals surface area contributed by atoms with Crippen molar-refractivity contribution in [1.82, 2.24) is 10.2 Å². The van der Waals surface area contributed by atoms with Crippen LogP contribution in [-0.2, 0) is 26.2 Å². The molecule has 0 saturated heterocycles. The minimum atomic E-state index is -4.23. The lowest BCUT2D eigenvalue weighted by Crippen LogP contribution is -2.52. The summed E-state index contributed by atoms with van der Waals surface area (Å²) in [7, 11) is -2.81. The highest BCUT2D eigenvalue weighted by atomic mass is 35.5. The number of nitrogens with zero attached hydrogens (tertiary/aromatic N) is 2. The Morgan fingerprint density at radius 2 is 1.62 bits per heavy atom. The summed E-state index contributed by atoms with van der Waals surface area (Å²) < 4.78 is 34.3. The first-order valence-electron chi connectivity index (χ1n) is 12.7. The lowest BCUT2D eigenvalue weighted by Gasteiger charge is -2.33. The molecule has 1 atom stereocenters. The molecular weight excluding hydrogens is 538 g/mol. The monoisotopic (exact) mass is 571 g/mol. The fraction of sp³-hybridized carbons (Fsp3) is 0.310. The quantitative estimate of drug-likeness (QED) is 0.315. The van der Waals surface area contributed by atoms with Crippen LogP contribution in [0.3, 0.4) is 0 Å². The first-order valence-corrected chi connectivity index (χ1v) is 14.6. The Bertz CT molecular complexity index is 1350. The second kappa shape index (κ2) is 14.0. The maximum Gasteiger partial charge on any atom is 0.264 e. The maximum atomic E-state index is 14.0. The Labute approximate surface area is 235 Å². The normalized spacial score (nSPS) is 11.9. The molecule has 2 amide bonds. The predicted octanol–water partition coefficient (Wildman–Crippen LogP) is 4.88. The number of ether oxygens (including phenoxy) is 1. The van der Waals surface area contributed by atoms with Gasteiger partial charge in [-0.1, -0.05) is 74.0 Å². The predicted molar refractivity (Wildman–Crippen MR) is 153 cm³/mol. The number of benzene rings is 3. The van der Waals surface area contributed by atoms with Crippen molar-refractivity contribution in [2.24, 2.45) is 0 Å². The molecule has 8 nitrogen and oxygen atoms in total. The average molecular weight is 572 g/mol. The van der Waals surface area contributed by atoms with Crippen LogP contribution in [0.2, 0.25) is 5.02 Å². The maximum absolute atomic E-state index is 14.0. The van der Waals surface area contributed by atoms with Gasteiger partial charge in [-0.15, -0.1) is 0 Å². The zero-order valence-electron chi connectivity index (χ0n) is 22.3. The van der Waals surface area contributed by atoms with E-state index in [1.54, 1.807) is 30.3 Å². The minimum Gasteiger partial charge on any atom is -0.495 e. The Morgan fingerprint density at radius 3 is 2.21 bits per heavy atom. The summed E-state index contributed by atoms with van der Waals surface area (Å²) in [5.41, 5.74) is 0.927. The number of hydrogen-bond acceptors (Lipinski definition) is 5. The van der Waals surface area contributed by atoms with Gasteiger partial charge >= 0.3 is 0 Å². The second-order valence-corrected chi connectivity index (χ2v) is 11.2. The second-order valence-electron chi connectivity index (χ2n) is 8.86. The molecule has 0 aromatic heterocycles. The third-order valence-corrected chi connectivity index (χ3v) is 8.16. The topological polar surface area (TPSA) is 96.0 Å². The number of sulfonamides is 1. The van der Waals surface area contributed by atoms with Crippen molar-refractivity contribution < 1.29 is 22.7 Å². The molecule has 208 valence electrons. The van der Waals surface area contributed by atoms with Crippen LogP contribution in [-0.4, -0.2) is 51.4 Å². The molecule has 39 heavy (non-hydrogen) atoms. The Hall–Kier alpha value is -3.56. The molecule has 0 heterocycles. The van der Waals surface area contributed by atoms with Gasteiger partial charge in [0, 0.05) is 18.1 Å². The van der Waals surface area contributed by atoms with Gasteiger partial charge in [0.15, 0.2) is 0 Å². The highest BCUT2D eigenvalue weighted by Crippen LogP contribution is 2.35. The van der Waals surface area contributed by atoms with E-state index in [0.717, 1.165) is 16.3 Å². The van der Waals surface area contributed by atoms with E-state index in [2.05, 4.69) is 5.32 Å². The van der Waals surface area contributed by atoms with Crippen LogP contribution in [0.4, 0.5) is 5.69 Å². The van der Waals surface area contributed by atoms with E-state index >= 15 is 0 Å². The van der Waals surface area contributed by atoms with Crippen LogP contribution in [0.15, 0.2) is 83.8 Å². The van der Waals surface area contributed by atoms with Crippen molar-refractivity contribution in [2.75, 3.05) is 24.5 Å². The molecule has 0 spiro atoms. The molecule has 3 aromatic carbocycles. The van der Waals surface area contributed by atoms with E-state index < -0.39 is 28.5 Å². The van der Waals surface area contributed by atoms with Crippen molar-refractivity contribution in [2.45, 2.75) is 44.2 Å². The van der Waals surface area contributed by atoms with Crippen LogP contribution < -0.4 is 14.4 Å². The highest BCUT2D eigenvalue weighted by molar-refractivity contribution is 7.92. The van der Waals surface area contributed by atoms with E-state index in [9.17, 15) is 18.0 Å². The Morgan fingerprint density at radius 1 is 0.974 bits per heavy atom. The fourth-order valence-electron chi connectivity index (χ4n) is 4.16. The SMILES string of the molecule is CCCNC(=O)[C@@H](CC)N(Cc1ccccc1)C(=O)CN(c1cc(Cl)ccc1OC)S(=O)(=O)c1ccccc1. The first kappa shape index (κ1) is 30.0. The standard InChI is InChI=1S/C29H34ClN3O5S/c1-4-18-31-29(35)25(5-2)32(20-22-12-8-6-9-13-22)28(34)21-33(26-19-23(30)16-17-27(26)38-3)39(36,37)24-14-10-7-11-15-24/h6-17,19,25H,4-5,18,20-21H2,1-3H3,(H,31,35)/t25-/m1/s1. The Balaban J connectivity index is 2.09. The average Bonchev–Trinajstić information content (AvgIpc) is 2.95. The number of carbonyl (C=O) groups excluding carboxylic acids is 2. The smallest absolute Gasteiger partial charge is 0.264 e. The number of halogens is 1. The summed E-state index contributed by atoms with van der Waals surface area (Å²) in [6, 6.07) is 20.9. The highest BCUT2D eigenvalue weighted by Gasteiger charge is 2.34. The van der Waals surface area contributed by atoms with Gasteiger partial charge in [-0.05, 0) is 48.7 Å². The van der Waals surface area contributed by atoms with Gasteiger partial charge in [-0.3, -0.25) is 13.9 Å². The van der Waals surface area contributed by atoms with Crippen molar-refractivity contribution in [3.8, 4) is 5.75 Å². The third-order valence-electron chi connectivity index (χ3n) is 6.15. The van der Waals surface area contributed by atoms with Crippen molar-refractivity contribution in [1.29, 1.82) is 0 Å².